The van der Waals surface area contributed by atoms with Gasteiger partial charge in [-0.25, -0.2) is 0 Å². The summed E-state index contributed by atoms with van der Waals surface area (Å²) in [5.74, 6) is 1.98. The minimum absolute atomic E-state index is 0.651. The molecular formula is C10H23NS. The van der Waals surface area contributed by atoms with Gasteiger partial charge >= 0.3 is 0 Å². The van der Waals surface area contributed by atoms with Crippen LogP contribution in [0.5, 0.6) is 0 Å². The summed E-state index contributed by atoms with van der Waals surface area (Å²) in [7, 11) is 0. The molecule has 1 unspecified atom stereocenters. The summed E-state index contributed by atoms with van der Waals surface area (Å²) in [4.78, 5) is 0. The van der Waals surface area contributed by atoms with Crippen molar-refractivity contribution >= 4 is 11.8 Å². The molecule has 0 saturated heterocycles. The maximum absolute atomic E-state index is 3.52. The third-order valence-electron chi connectivity index (χ3n) is 2.02. The molecule has 0 aliphatic carbocycles. The molecule has 1 nitrogen and oxygen atoms in total. The van der Waals surface area contributed by atoms with Gasteiger partial charge in [0.25, 0.3) is 0 Å². The zero-order chi connectivity index (χ0) is 9.56. The van der Waals surface area contributed by atoms with Crippen molar-refractivity contribution < 1.29 is 0 Å². The van der Waals surface area contributed by atoms with Crippen molar-refractivity contribution in [3.05, 3.63) is 0 Å². The fourth-order valence-electron chi connectivity index (χ4n) is 0.817. The minimum Gasteiger partial charge on any atom is -0.313 e. The van der Waals surface area contributed by atoms with Crippen molar-refractivity contribution in [3.8, 4) is 0 Å². The first-order chi connectivity index (χ1) is 5.54. The highest BCUT2D eigenvalue weighted by atomic mass is 32.2. The number of nitrogens with one attached hydrogen (secondary N) is 1. The minimum atomic E-state index is 0.651. The molecule has 0 radical (unpaired) electrons. The van der Waals surface area contributed by atoms with Gasteiger partial charge in [-0.1, -0.05) is 27.7 Å². The zero-order valence-corrected chi connectivity index (χ0v) is 9.87. The SMILES string of the molecule is CC(C)SCCNC(C)C(C)C. The summed E-state index contributed by atoms with van der Waals surface area (Å²) in [5.41, 5.74) is 0. The van der Waals surface area contributed by atoms with Gasteiger partial charge in [-0.2, -0.15) is 11.8 Å². The van der Waals surface area contributed by atoms with E-state index in [9.17, 15) is 0 Å². The molecule has 1 N–H and O–H groups in total. The molecular weight excluding hydrogens is 166 g/mol. The lowest BCUT2D eigenvalue weighted by Gasteiger charge is -2.17. The highest BCUT2D eigenvalue weighted by Crippen LogP contribution is 2.07. The number of rotatable bonds is 6. The van der Waals surface area contributed by atoms with Crippen LogP contribution in [0.2, 0.25) is 0 Å². The molecule has 1 atom stereocenters. The van der Waals surface area contributed by atoms with Crippen molar-refractivity contribution in [1.29, 1.82) is 0 Å². The van der Waals surface area contributed by atoms with Crippen LogP contribution in [0, 0.1) is 5.92 Å². The average molecular weight is 189 g/mol. The molecule has 0 fully saturated rings. The van der Waals surface area contributed by atoms with Crippen molar-refractivity contribution in [1.82, 2.24) is 5.32 Å². The van der Waals surface area contributed by atoms with E-state index in [4.69, 9.17) is 0 Å². The Labute approximate surface area is 81.7 Å². The quantitative estimate of drug-likeness (QED) is 0.645. The standard InChI is InChI=1S/C10H23NS/c1-8(2)10(5)11-6-7-12-9(3)4/h8-11H,6-7H2,1-5H3. The van der Waals surface area contributed by atoms with Crippen LogP contribution in [-0.2, 0) is 0 Å². The van der Waals surface area contributed by atoms with E-state index < -0.39 is 0 Å². The van der Waals surface area contributed by atoms with Crippen molar-refractivity contribution in [2.24, 2.45) is 5.92 Å². The molecule has 0 amide bonds. The lowest BCUT2D eigenvalue weighted by molar-refractivity contribution is 0.438. The Bertz CT molecular complexity index is 102. The van der Waals surface area contributed by atoms with Crippen LogP contribution in [0.4, 0.5) is 0 Å². The van der Waals surface area contributed by atoms with Crippen LogP contribution in [0.1, 0.15) is 34.6 Å². The van der Waals surface area contributed by atoms with E-state index in [0.29, 0.717) is 6.04 Å². The Kier molecular flexibility index (Phi) is 6.96. The smallest absolute Gasteiger partial charge is 0.00620 e. The van der Waals surface area contributed by atoms with E-state index in [0.717, 1.165) is 17.7 Å². The largest absolute Gasteiger partial charge is 0.313 e. The van der Waals surface area contributed by atoms with E-state index in [2.05, 4.69) is 39.9 Å². The molecule has 12 heavy (non-hydrogen) atoms. The Morgan fingerprint density at radius 1 is 1.08 bits per heavy atom. The maximum Gasteiger partial charge on any atom is 0.00620 e. The molecule has 0 aromatic heterocycles. The van der Waals surface area contributed by atoms with Crippen molar-refractivity contribution in [3.63, 3.8) is 0 Å². The summed E-state index contributed by atoms with van der Waals surface area (Å²) in [5, 5.41) is 4.28. The summed E-state index contributed by atoms with van der Waals surface area (Å²) in [6, 6.07) is 0.651. The van der Waals surface area contributed by atoms with Gasteiger partial charge in [-0.05, 0) is 18.1 Å². The highest BCUT2D eigenvalue weighted by molar-refractivity contribution is 7.99. The molecule has 0 saturated carbocycles. The van der Waals surface area contributed by atoms with Crippen molar-refractivity contribution in [2.45, 2.75) is 45.9 Å². The van der Waals surface area contributed by atoms with E-state index in [1.165, 1.54) is 5.75 Å². The van der Waals surface area contributed by atoms with Crippen LogP contribution >= 0.6 is 11.8 Å². The topological polar surface area (TPSA) is 12.0 Å². The second-order valence-electron chi connectivity index (χ2n) is 3.91. The first-order valence-corrected chi connectivity index (χ1v) is 5.94. The third-order valence-corrected chi connectivity index (χ3v) is 3.13. The molecule has 0 heterocycles. The Balaban J connectivity index is 3.20. The van der Waals surface area contributed by atoms with Crippen LogP contribution in [0.25, 0.3) is 0 Å². The Morgan fingerprint density at radius 2 is 1.67 bits per heavy atom. The number of hydrogen-bond acceptors (Lipinski definition) is 2. The van der Waals surface area contributed by atoms with Crippen LogP contribution in [0.15, 0.2) is 0 Å². The van der Waals surface area contributed by atoms with Gasteiger partial charge in [0, 0.05) is 18.3 Å². The molecule has 0 rings (SSSR count). The normalized spacial score (nSPS) is 14.2. The fraction of sp³-hybridized carbons (Fsp3) is 1.00. The van der Waals surface area contributed by atoms with Crippen LogP contribution in [0.3, 0.4) is 0 Å². The van der Waals surface area contributed by atoms with Gasteiger partial charge < -0.3 is 5.32 Å². The second-order valence-corrected chi connectivity index (χ2v) is 5.59. The van der Waals surface area contributed by atoms with E-state index in [1.807, 2.05) is 11.8 Å². The summed E-state index contributed by atoms with van der Waals surface area (Å²) in [6.07, 6.45) is 0. The predicted octanol–water partition coefficient (Wildman–Crippen LogP) is 2.76. The number of hydrogen-bond donors (Lipinski definition) is 1. The summed E-state index contributed by atoms with van der Waals surface area (Å²) in [6.45, 7) is 12.4. The molecule has 0 aromatic rings. The summed E-state index contributed by atoms with van der Waals surface area (Å²) < 4.78 is 0. The third kappa shape index (κ3) is 6.99. The van der Waals surface area contributed by atoms with E-state index in [1.54, 1.807) is 0 Å². The highest BCUT2D eigenvalue weighted by Gasteiger charge is 2.04. The van der Waals surface area contributed by atoms with Gasteiger partial charge in [-0.3, -0.25) is 0 Å². The first kappa shape index (κ1) is 12.3. The molecule has 0 aliphatic heterocycles. The molecule has 0 aromatic carbocycles. The Hall–Kier alpha value is 0.310. The first-order valence-electron chi connectivity index (χ1n) is 4.89. The molecule has 2 heteroatoms. The van der Waals surface area contributed by atoms with Gasteiger partial charge in [0.15, 0.2) is 0 Å². The average Bonchev–Trinajstić information content (AvgIpc) is 1.97. The van der Waals surface area contributed by atoms with Gasteiger partial charge in [-0.15, -0.1) is 0 Å². The molecule has 0 spiro atoms. The lowest BCUT2D eigenvalue weighted by atomic mass is 10.1. The van der Waals surface area contributed by atoms with Crippen LogP contribution < -0.4 is 5.32 Å². The second kappa shape index (κ2) is 6.79. The maximum atomic E-state index is 3.52. The van der Waals surface area contributed by atoms with Gasteiger partial charge in [0.2, 0.25) is 0 Å². The summed E-state index contributed by atoms with van der Waals surface area (Å²) >= 11 is 2.02. The van der Waals surface area contributed by atoms with Gasteiger partial charge in [0.1, 0.15) is 0 Å². The number of thioether (sulfide) groups is 1. The van der Waals surface area contributed by atoms with Crippen molar-refractivity contribution in [2.75, 3.05) is 12.3 Å². The molecule has 74 valence electrons. The van der Waals surface area contributed by atoms with E-state index in [-0.39, 0.29) is 0 Å². The molecule has 0 aliphatic rings. The lowest BCUT2D eigenvalue weighted by Crippen LogP contribution is -2.32. The Morgan fingerprint density at radius 3 is 2.08 bits per heavy atom. The van der Waals surface area contributed by atoms with Crippen LogP contribution in [-0.4, -0.2) is 23.6 Å². The zero-order valence-electron chi connectivity index (χ0n) is 9.05. The monoisotopic (exact) mass is 189 g/mol. The van der Waals surface area contributed by atoms with Gasteiger partial charge in [0.05, 0.1) is 0 Å². The molecule has 0 bridgehead atoms. The fourth-order valence-corrected chi connectivity index (χ4v) is 1.52. The van der Waals surface area contributed by atoms with E-state index >= 15 is 0 Å². The predicted molar refractivity (Wildman–Crippen MR) is 59.9 cm³/mol.